The highest BCUT2D eigenvalue weighted by Crippen LogP contribution is 2.30. The Bertz CT molecular complexity index is 1410. The molecule has 0 spiro atoms. The van der Waals surface area contributed by atoms with Crippen LogP contribution in [-0.2, 0) is 32.6 Å². The van der Waals surface area contributed by atoms with Crippen molar-refractivity contribution in [1.29, 1.82) is 0 Å². The standard InChI is InChI=1S/C33H43N3O5S/c1-6-41-30-21-14-13-20-28(30)36(42(5,39)40)23-15-22-31(37)35(25-27-18-11-8-12-19-27)29(32(38)34-33(2,3)4)24-26-16-9-7-10-17-26/h7-14,16-21,29H,6,15,22-25H2,1-5H3,(H,34,38)/t29-/m0/s1. The van der Waals surface area contributed by atoms with Gasteiger partial charge in [0.05, 0.1) is 18.6 Å². The topological polar surface area (TPSA) is 96.0 Å². The fourth-order valence-corrected chi connectivity index (χ4v) is 5.68. The van der Waals surface area contributed by atoms with E-state index in [0.717, 1.165) is 17.4 Å². The molecule has 0 unspecified atom stereocenters. The van der Waals surface area contributed by atoms with Gasteiger partial charge in [-0.1, -0.05) is 72.8 Å². The Balaban J connectivity index is 1.89. The van der Waals surface area contributed by atoms with Crippen LogP contribution in [0.4, 0.5) is 5.69 Å². The number of nitrogens with zero attached hydrogens (tertiary/aromatic N) is 2. The molecule has 3 rings (SSSR count). The number of para-hydroxylation sites is 2. The van der Waals surface area contributed by atoms with Gasteiger partial charge in [0.2, 0.25) is 21.8 Å². The molecule has 42 heavy (non-hydrogen) atoms. The van der Waals surface area contributed by atoms with Crippen molar-refractivity contribution in [3.05, 3.63) is 96.1 Å². The zero-order valence-corrected chi connectivity index (χ0v) is 26.1. The minimum atomic E-state index is -3.65. The monoisotopic (exact) mass is 593 g/mol. The maximum atomic E-state index is 13.9. The fraction of sp³-hybridized carbons (Fsp3) is 0.394. The second-order valence-electron chi connectivity index (χ2n) is 11.3. The predicted molar refractivity (Wildman–Crippen MR) is 168 cm³/mol. The average Bonchev–Trinajstić information content (AvgIpc) is 2.93. The molecule has 0 bridgehead atoms. The first-order chi connectivity index (χ1) is 19.9. The highest BCUT2D eigenvalue weighted by molar-refractivity contribution is 7.92. The van der Waals surface area contributed by atoms with Crippen LogP contribution < -0.4 is 14.4 Å². The Labute approximate surface area is 250 Å². The fourth-order valence-electron chi connectivity index (χ4n) is 4.71. The van der Waals surface area contributed by atoms with Crippen LogP contribution in [0, 0.1) is 0 Å². The Morgan fingerprint density at radius 2 is 1.45 bits per heavy atom. The van der Waals surface area contributed by atoms with Crippen molar-refractivity contribution in [2.24, 2.45) is 0 Å². The maximum absolute atomic E-state index is 13.9. The van der Waals surface area contributed by atoms with Gasteiger partial charge in [-0.05, 0) is 57.4 Å². The quantitative estimate of drug-likeness (QED) is 0.278. The van der Waals surface area contributed by atoms with E-state index in [1.807, 2.05) is 88.4 Å². The molecule has 0 aliphatic rings. The van der Waals surface area contributed by atoms with Crippen LogP contribution >= 0.6 is 0 Å². The number of hydrogen-bond acceptors (Lipinski definition) is 5. The minimum Gasteiger partial charge on any atom is -0.492 e. The van der Waals surface area contributed by atoms with E-state index in [-0.39, 0.29) is 37.7 Å². The highest BCUT2D eigenvalue weighted by atomic mass is 32.2. The molecule has 0 fully saturated rings. The highest BCUT2D eigenvalue weighted by Gasteiger charge is 2.32. The third-order valence-corrected chi connectivity index (χ3v) is 7.73. The smallest absolute Gasteiger partial charge is 0.243 e. The first-order valence-corrected chi connectivity index (χ1v) is 16.1. The van der Waals surface area contributed by atoms with Crippen molar-refractivity contribution >= 4 is 27.5 Å². The number of sulfonamides is 1. The van der Waals surface area contributed by atoms with Crippen LogP contribution in [0.2, 0.25) is 0 Å². The molecule has 1 N–H and O–H groups in total. The summed E-state index contributed by atoms with van der Waals surface area (Å²) in [6.07, 6.45) is 1.81. The number of hydrogen-bond donors (Lipinski definition) is 1. The third kappa shape index (κ3) is 9.91. The summed E-state index contributed by atoms with van der Waals surface area (Å²) in [6, 6.07) is 25.4. The van der Waals surface area contributed by atoms with Crippen molar-refractivity contribution in [3.63, 3.8) is 0 Å². The van der Waals surface area contributed by atoms with E-state index in [0.29, 0.717) is 24.5 Å². The number of ether oxygens (including phenoxy) is 1. The summed E-state index contributed by atoms with van der Waals surface area (Å²) in [5.41, 5.74) is 1.78. The number of amides is 2. The molecule has 3 aromatic carbocycles. The average molecular weight is 594 g/mol. The van der Waals surface area contributed by atoms with Gasteiger partial charge < -0.3 is 15.0 Å². The minimum absolute atomic E-state index is 0.0593. The van der Waals surface area contributed by atoms with Crippen LogP contribution in [0.25, 0.3) is 0 Å². The van der Waals surface area contributed by atoms with Gasteiger partial charge in [-0.25, -0.2) is 8.42 Å². The number of carbonyl (C=O) groups excluding carboxylic acids is 2. The molecule has 0 aliphatic carbocycles. The van der Waals surface area contributed by atoms with E-state index >= 15 is 0 Å². The van der Waals surface area contributed by atoms with E-state index in [4.69, 9.17) is 4.74 Å². The molecule has 0 saturated heterocycles. The van der Waals surface area contributed by atoms with Gasteiger partial charge >= 0.3 is 0 Å². The molecule has 226 valence electrons. The summed E-state index contributed by atoms with van der Waals surface area (Å²) >= 11 is 0. The number of benzene rings is 3. The van der Waals surface area contributed by atoms with E-state index in [2.05, 4.69) is 5.32 Å². The van der Waals surface area contributed by atoms with Gasteiger partial charge in [0, 0.05) is 31.5 Å². The van der Waals surface area contributed by atoms with Gasteiger partial charge in [-0.2, -0.15) is 0 Å². The van der Waals surface area contributed by atoms with Crippen molar-refractivity contribution in [3.8, 4) is 5.75 Å². The van der Waals surface area contributed by atoms with Gasteiger partial charge in [-0.3, -0.25) is 13.9 Å². The van der Waals surface area contributed by atoms with Gasteiger partial charge in [0.15, 0.2) is 0 Å². The second-order valence-corrected chi connectivity index (χ2v) is 13.2. The molecule has 0 radical (unpaired) electrons. The molecule has 0 aromatic heterocycles. The molecule has 8 nitrogen and oxygen atoms in total. The van der Waals surface area contributed by atoms with Gasteiger partial charge in [0.1, 0.15) is 11.8 Å². The number of anilines is 1. The Hall–Kier alpha value is -3.85. The lowest BCUT2D eigenvalue weighted by Gasteiger charge is -2.34. The van der Waals surface area contributed by atoms with E-state index < -0.39 is 21.6 Å². The Kier molecular flexibility index (Phi) is 11.6. The molecule has 3 aromatic rings. The lowest BCUT2D eigenvalue weighted by Crippen LogP contribution is -2.54. The molecule has 0 aliphatic heterocycles. The predicted octanol–water partition coefficient (Wildman–Crippen LogP) is 5.19. The molecule has 1 atom stereocenters. The van der Waals surface area contributed by atoms with Crippen LogP contribution in [-0.4, -0.2) is 56.1 Å². The summed E-state index contributed by atoms with van der Waals surface area (Å²) in [5, 5.41) is 3.06. The van der Waals surface area contributed by atoms with Gasteiger partial charge in [0.25, 0.3) is 0 Å². The maximum Gasteiger partial charge on any atom is 0.243 e. The number of rotatable bonds is 14. The first kappa shape index (κ1) is 32.7. The van der Waals surface area contributed by atoms with Crippen molar-refractivity contribution in [2.75, 3.05) is 23.7 Å². The van der Waals surface area contributed by atoms with Gasteiger partial charge in [-0.15, -0.1) is 0 Å². The second kappa shape index (κ2) is 14.9. The van der Waals surface area contributed by atoms with E-state index in [1.54, 1.807) is 29.2 Å². The summed E-state index contributed by atoms with van der Waals surface area (Å²) in [6.45, 7) is 8.29. The summed E-state index contributed by atoms with van der Waals surface area (Å²) in [4.78, 5) is 29.3. The molecular formula is C33H43N3O5S. The zero-order valence-electron chi connectivity index (χ0n) is 25.2. The number of nitrogens with one attached hydrogen (secondary N) is 1. The molecule has 2 amide bonds. The summed E-state index contributed by atoms with van der Waals surface area (Å²) in [5.74, 6) is -0.00124. The van der Waals surface area contributed by atoms with Crippen molar-refractivity contribution in [1.82, 2.24) is 10.2 Å². The Morgan fingerprint density at radius 3 is 2.02 bits per heavy atom. The Morgan fingerprint density at radius 1 is 0.881 bits per heavy atom. The SMILES string of the molecule is CCOc1ccccc1N(CCCC(=O)N(Cc1ccccc1)[C@@H](Cc1ccccc1)C(=O)NC(C)(C)C)S(C)(=O)=O. The zero-order chi connectivity index (χ0) is 30.8. The van der Waals surface area contributed by atoms with Crippen LogP contribution in [0.5, 0.6) is 5.75 Å². The third-order valence-electron chi connectivity index (χ3n) is 6.55. The van der Waals surface area contributed by atoms with E-state index in [1.165, 1.54) is 4.31 Å². The number of carbonyl (C=O) groups is 2. The lowest BCUT2D eigenvalue weighted by molar-refractivity contribution is -0.142. The van der Waals surface area contributed by atoms with Crippen LogP contribution in [0.15, 0.2) is 84.9 Å². The normalized spacial score (nSPS) is 12.3. The van der Waals surface area contributed by atoms with Crippen molar-refractivity contribution < 1.29 is 22.7 Å². The first-order valence-electron chi connectivity index (χ1n) is 14.3. The van der Waals surface area contributed by atoms with Crippen molar-refractivity contribution in [2.45, 2.75) is 65.1 Å². The lowest BCUT2D eigenvalue weighted by atomic mass is 10.00. The molecule has 9 heteroatoms. The van der Waals surface area contributed by atoms with E-state index in [9.17, 15) is 18.0 Å². The largest absolute Gasteiger partial charge is 0.492 e. The molecular weight excluding hydrogens is 550 g/mol. The van der Waals surface area contributed by atoms with Crippen LogP contribution in [0.1, 0.15) is 51.7 Å². The summed E-state index contributed by atoms with van der Waals surface area (Å²) < 4.78 is 32.5. The summed E-state index contributed by atoms with van der Waals surface area (Å²) in [7, 11) is -3.65. The van der Waals surface area contributed by atoms with Crippen LogP contribution in [0.3, 0.4) is 0 Å². The molecule has 0 saturated carbocycles. The molecule has 0 heterocycles.